The number of fused-ring (bicyclic) bond motifs is 1. The quantitative estimate of drug-likeness (QED) is 0.358. The second-order valence-corrected chi connectivity index (χ2v) is 9.47. The highest BCUT2D eigenvalue weighted by Gasteiger charge is 2.16. The average Bonchev–Trinajstić information content (AvgIpc) is 3.28. The Morgan fingerprint density at radius 1 is 0.882 bits per heavy atom. The molecular weight excluding hydrogens is 454 g/mol. The molecule has 0 spiro atoms. The fourth-order valence-corrected chi connectivity index (χ4v) is 4.01. The fraction of sp³-hybridized carbons (Fsp3) is 0.0833. The Balaban J connectivity index is 1.54. The molecule has 0 aliphatic carbocycles. The molecule has 0 aliphatic heterocycles. The number of ether oxygens (including phenoxy) is 2. The van der Waals surface area contributed by atoms with Crippen molar-refractivity contribution < 1.29 is 17.9 Å². The van der Waals surface area contributed by atoms with Crippen LogP contribution >= 0.6 is 0 Å². The number of pyridine rings is 1. The molecule has 2 aromatic carbocycles. The molecule has 5 aromatic rings. The van der Waals surface area contributed by atoms with Crippen LogP contribution in [0, 0.1) is 0 Å². The van der Waals surface area contributed by atoms with Gasteiger partial charge in [0.15, 0.2) is 32.2 Å². The van der Waals surface area contributed by atoms with Crippen LogP contribution in [-0.2, 0) is 9.84 Å². The second-order valence-electron chi connectivity index (χ2n) is 7.24. The number of hydrogen-bond donors (Lipinski definition) is 1. The van der Waals surface area contributed by atoms with Crippen LogP contribution in [0.25, 0.3) is 22.6 Å². The summed E-state index contributed by atoms with van der Waals surface area (Å²) in [7, 11) is -3.40. The highest BCUT2D eigenvalue weighted by Crippen LogP contribution is 2.38. The number of hydrogen-bond acceptors (Lipinski definition) is 8. The van der Waals surface area contributed by atoms with E-state index in [0.29, 0.717) is 45.5 Å². The molecule has 0 atom stereocenters. The Kier molecular flexibility index (Phi) is 5.64. The molecule has 0 unspecified atom stereocenters. The normalized spacial score (nSPS) is 11.4. The van der Waals surface area contributed by atoms with Crippen LogP contribution in [0.2, 0.25) is 0 Å². The maximum atomic E-state index is 12.0. The van der Waals surface area contributed by atoms with Crippen LogP contribution < -0.4 is 9.47 Å². The lowest BCUT2D eigenvalue weighted by Crippen LogP contribution is -2.05. The molecule has 0 amide bonds. The summed E-state index contributed by atoms with van der Waals surface area (Å²) in [6, 6.07) is 15.8. The summed E-state index contributed by atoms with van der Waals surface area (Å²) in [6.07, 6.45) is 6.18. The molecule has 3 aromatic heterocycles. The first-order chi connectivity index (χ1) is 16.5. The molecule has 34 heavy (non-hydrogen) atoms. The van der Waals surface area contributed by atoms with Gasteiger partial charge in [-0.3, -0.25) is 4.98 Å². The van der Waals surface area contributed by atoms with Crippen molar-refractivity contribution >= 4 is 20.9 Å². The third kappa shape index (κ3) is 4.44. The van der Waals surface area contributed by atoms with Gasteiger partial charge in [0.05, 0.1) is 29.2 Å². The van der Waals surface area contributed by atoms with E-state index in [1.807, 2.05) is 30.3 Å². The van der Waals surface area contributed by atoms with Crippen LogP contribution in [0.4, 0.5) is 0 Å². The number of imidazole rings is 1. The zero-order valence-electron chi connectivity index (χ0n) is 18.0. The predicted octanol–water partition coefficient (Wildman–Crippen LogP) is 4.79. The first kappa shape index (κ1) is 21.5. The summed E-state index contributed by atoms with van der Waals surface area (Å²) in [6.45, 7) is 1.57. The predicted molar refractivity (Wildman–Crippen MR) is 126 cm³/mol. The summed E-state index contributed by atoms with van der Waals surface area (Å²) in [5, 5.41) is 0.000686. The summed E-state index contributed by atoms with van der Waals surface area (Å²) in [4.78, 5) is 20.2. The maximum Gasteiger partial charge on any atom is 0.195 e. The van der Waals surface area contributed by atoms with E-state index in [1.165, 1.54) is 12.3 Å². The molecule has 10 heteroatoms. The maximum absolute atomic E-state index is 12.0. The Hall–Kier alpha value is -4.31. The smallest absolute Gasteiger partial charge is 0.195 e. The summed E-state index contributed by atoms with van der Waals surface area (Å²) < 4.78 is 36.2. The number of para-hydroxylation sites is 1. The third-order valence-electron chi connectivity index (χ3n) is 4.96. The first-order valence-electron chi connectivity index (χ1n) is 10.4. The molecular formula is C24H19N5O4S. The monoisotopic (exact) mass is 473 g/mol. The van der Waals surface area contributed by atoms with E-state index in [2.05, 4.69) is 24.9 Å². The van der Waals surface area contributed by atoms with E-state index in [0.717, 1.165) is 0 Å². The summed E-state index contributed by atoms with van der Waals surface area (Å²) in [5.74, 6) is 2.35. The van der Waals surface area contributed by atoms with Crippen molar-refractivity contribution in [3.05, 3.63) is 79.4 Å². The van der Waals surface area contributed by atoms with Gasteiger partial charge in [-0.25, -0.2) is 23.4 Å². The number of H-pyrrole nitrogens is 1. The van der Waals surface area contributed by atoms with E-state index in [-0.39, 0.29) is 10.8 Å². The van der Waals surface area contributed by atoms with Crippen LogP contribution in [0.5, 0.6) is 23.0 Å². The van der Waals surface area contributed by atoms with E-state index in [9.17, 15) is 8.42 Å². The zero-order chi connectivity index (χ0) is 23.5. The van der Waals surface area contributed by atoms with Crippen molar-refractivity contribution in [3.8, 4) is 34.5 Å². The molecule has 1 N–H and O–H groups in total. The Morgan fingerprint density at radius 2 is 1.68 bits per heavy atom. The lowest BCUT2D eigenvalue weighted by molar-refractivity contribution is 0.418. The highest BCUT2D eigenvalue weighted by atomic mass is 32.2. The molecule has 170 valence electrons. The minimum Gasteiger partial charge on any atom is -0.453 e. The summed E-state index contributed by atoms with van der Waals surface area (Å²) >= 11 is 0. The number of sulfone groups is 1. The van der Waals surface area contributed by atoms with Gasteiger partial charge in [-0.2, -0.15) is 0 Å². The lowest BCUT2D eigenvalue weighted by Gasteiger charge is -2.12. The molecule has 0 bridgehead atoms. The van der Waals surface area contributed by atoms with Crippen molar-refractivity contribution in [2.45, 2.75) is 11.9 Å². The molecule has 0 aliphatic rings. The van der Waals surface area contributed by atoms with Crippen molar-refractivity contribution in [2.24, 2.45) is 0 Å². The van der Waals surface area contributed by atoms with Gasteiger partial charge in [0, 0.05) is 24.5 Å². The first-order valence-corrected chi connectivity index (χ1v) is 12.1. The van der Waals surface area contributed by atoms with Crippen molar-refractivity contribution in [3.63, 3.8) is 0 Å². The van der Waals surface area contributed by atoms with Gasteiger partial charge in [0.2, 0.25) is 0 Å². The van der Waals surface area contributed by atoms with Crippen molar-refractivity contribution in [1.82, 2.24) is 24.9 Å². The number of nitrogens with zero attached hydrogens (tertiary/aromatic N) is 4. The van der Waals surface area contributed by atoms with Crippen LogP contribution in [-0.4, -0.2) is 39.1 Å². The van der Waals surface area contributed by atoms with E-state index < -0.39 is 9.84 Å². The van der Waals surface area contributed by atoms with E-state index >= 15 is 0 Å². The van der Waals surface area contributed by atoms with E-state index in [4.69, 9.17) is 9.47 Å². The van der Waals surface area contributed by atoms with Crippen LogP contribution in [0.3, 0.4) is 0 Å². The van der Waals surface area contributed by atoms with Crippen LogP contribution in [0.15, 0.2) is 84.4 Å². The fourth-order valence-electron chi connectivity index (χ4n) is 3.22. The third-order valence-corrected chi connectivity index (χ3v) is 6.60. The van der Waals surface area contributed by atoms with Gasteiger partial charge in [0.1, 0.15) is 17.2 Å². The molecule has 9 nitrogen and oxygen atoms in total. The van der Waals surface area contributed by atoms with Gasteiger partial charge in [0.25, 0.3) is 0 Å². The van der Waals surface area contributed by atoms with Crippen molar-refractivity contribution in [1.29, 1.82) is 0 Å². The minimum absolute atomic E-state index is 0.000686. The van der Waals surface area contributed by atoms with E-state index in [1.54, 1.807) is 43.7 Å². The number of aromatic nitrogens is 5. The molecule has 0 saturated carbocycles. The Bertz CT molecular complexity index is 1540. The van der Waals surface area contributed by atoms with Gasteiger partial charge in [-0.1, -0.05) is 25.1 Å². The number of rotatable bonds is 7. The Labute approximate surface area is 195 Å². The standard InChI is InChI=1S/C24H19N5O4S/c1-2-34(30,31)23-9-8-17(14-27-23)33-22-13-19-18(12-21(22)32-16-6-4-3-5-7-16)28-24(29-19)20-15-25-10-11-26-20/h3-15H,2H2,1H3,(H,28,29). The topological polar surface area (TPSA) is 120 Å². The molecule has 5 rings (SSSR count). The Morgan fingerprint density at radius 3 is 2.38 bits per heavy atom. The van der Waals surface area contributed by atoms with Gasteiger partial charge < -0.3 is 14.5 Å². The lowest BCUT2D eigenvalue weighted by atomic mass is 10.2. The summed E-state index contributed by atoms with van der Waals surface area (Å²) in [5.41, 5.74) is 1.96. The van der Waals surface area contributed by atoms with Crippen molar-refractivity contribution in [2.75, 3.05) is 5.75 Å². The highest BCUT2D eigenvalue weighted by molar-refractivity contribution is 7.91. The second kappa shape index (κ2) is 8.91. The zero-order valence-corrected chi connectivity index (χ0v) is 18.9. The minimum atomic E-state index is -3.40. The van der Waals surface area contributed by atoms with Crippen LogP contribution in [0.1, 0.15) is 6.92 Å². The molecule has 0 fully saturated rings. The number of nitrogens with one attached hydrogen (secondary N) is 1. The average molecular weight is 474 g/mol. The number of aromatic amines is 1. The molecule has 0 saturated heterocycles. The van der Waals surface area contributed by atoms with Gasteiger partial charge in [-0.05, 0) is 24.3 Å². The number of benzene rings is 2. The molecule has 3 heterocycles. The SMILES string of the molecule is CCS(=O)(=O)c1ccc(Oc2cc3[nH]c(-c4cnccn4)nc3cc2Oc2ccccc2)cn1. The molecule has 0 radical (unpaired) electrons. The largest absolute Gasteiger partial charge is 0.453 e. The van der Waals surface area contributed by atoms with Gasteiger partial charge >= 0.3 is 0 Å². The van der Waals surface area contributed by atoms with Gasteiger partial charge in [-0.15, -0.1) is 0 Å².